The number of aromatic amines is 1. The number of hydrogen-bond acceptors (Lipinski definition) is 3. The molecule has 0 saturated heterocycles. The Balaban J connectivity index is 0.000000921. The van der Waals surface area contributed by atoms with E-state index in [0.717, 1.165) is 16.8 Å². The third-order valence-corrected chi connectivity index (χ3v) is 3.61. The summed E-state index contributed by atoms with van der Waals surface area (Å²) in [6.07, 6.45) is 0. The van der Waals surface area contributed by atoms with Gasteiger partial charge in [-0.25, -0.2) is 0 Å². The van der Waals surface area contributed by atoms with E-state index in [-0.39, 0.29) is 11.7 Å². The molecule has 0 bridgehead atoms. The standard InChI is InChI=1S/C18H17N5O.2C2H6/c19-17(20)14-8-6-12(7-9-14)11-21-18(24)16-10-15(22-23-16)13-4-2-1-3-5-13;2*1-2/h1-10H,11H2,(H3,19,20)(H,21,24)(H,22,23);2*1-2H3. The average Bonchev–Trinajstić information content (AvgIpc) is 3.26. The van der Waals surface area contributed by atoms with Crippen molar-refractivity contribution >= 4 is 11.7 Å². The summed E-state index contributed by atoms with van der Waals surface area (Å²) < 4.78 is 0. The molecule has 0 aliphatic carbocycles. The normalized spacial score (nSPS) is 9.29. The Hall–Kier alpha value is -3.41. The van der Waals surface area contributed by atoms with Crippen molar-refractivity contribution in [3.05, 3.63) is 77.5 Å². The number of amides is 1. The van der Waals surface area contributed by atoms with Crippen molar-refractivity contribution in [3.8, 4) is 11.3 Å². The molecule has 0 spiro atoms. The van der Waals surface area contributed by atoms with Crippen molar-refractivity contribution in [3.63, 3.8) is 0 Å². The Morgan fingerprint density at radius 2 is 1.64 bits per heavy atom. The van der Waals surface area contributed by atoms with Crippen LogP contribution in [0.15, 0.2) is 60.7 Å². The van der Waals surface area contributed by atoms with Crippen LogP contribution in [0, 0.1) is 5.41 Å². The lowest BCUT2D eigenvalue weighted by Crippen LogP contribution is -2.23. The molecule has 148 valence electrons. The van der Waals surface area contributed by atoms with E-state index in [0.29, 0.717) is 17.8 Å². The predicted octanol–water partition coefficient (Wildman–Crippen LogP) is 4.34. The number of carbonyl (C=O) groups is 1. The summed E-state index contributed by atoms with van der Waals surface area (Å²) in [5, 5.41) is 17.1. The summed E-state index contributed by atoms with van der Waals surface area (Å²) >= 11 is 0. The lowest BCUT2D eigenvalue weighted by atomic mass is 10.1. The fourth-order valence-electron chi connectivity index (χ4n) is 2.27. The van der Waals surface area contributed by atoms with E-state index in [1.165, 1.54) is 0 Å². The van der Waals surface area contributed by atoms with Gasteiger partial charge < -0.3 is 11.1 Å². The highest BCUT2D eigenvalue weighted by molar-refractivity contribution is 5.95. The second kappa shape index (κ2) is 12.1. The lowest BCUT2D eigenvalue weighted by molar-refractivity contribution is 0.0946. The monoisotopic (exact) mass is 379 g/mol. The summed E-state index contributed by atoms with van der Waals surface area (Å²) in [7, 11) is 0. The second-order valence-electron chi connectivity index (χ2n) is 5.33. The van der Waals surface area contributed by atoms with Crippen molar-refractivity contribution in [1.29, 1.82) is 5.41 Å². The zero-order chi connectivity index (χ0) is 20.9. The smallest absolute Gasteiger partial charge is 0.269 e. The molecule has 1 amide bonds. The molecule has 3 aromatic rings. The van der Waals surface area contributed by atoms with Gasteiger partial charge in [-0.3, -0.25) is 15.3 Å². The number of benzene rings is 2. The van der Waals surface area contributed by atoms with E-state index in [1.54, 1.807) is 18.2 Å². The van der Waals surface area contributed by atoms with Crippen LogP contribution in [0.2, 0.25) is 0 Å². The van der Waals surface area contributed by atoms with Crippen molar-refractivity contribution in [2.45, 2.75) is 34.2 Å². The number of aromatic nitrogens is 2. The number of H-pyrrole nitrogens is 1. The van der Waals surface area contributed by atoms with Gasteiger partial charge in [0.25, 0.3) is 5.91 Å². The highest BCUT2D eigenvalue weighted by Crippen LogP contribution is 2.16. The molecule has 6 nitrogen and oxygen atoms in total. The number of hydrogen-bond donors (Lipinski definition) is 4. The lowest BCUT2D eigenvalue weighted by Gasteiger charge is -2.05. The van der Waals surface area contributed by atoms with Crippen LogP contribution in [0.4, 0.5) is 0 Å². The molecule has 1 aromatic heterocycles. The van der Waals surface area contributed by atoms with Gasteiger partial charge in [0.1, 0.15) is 11.5 Å². The maximum atomic E-state index is 12.2. The zero-order valence-corrected chi connectivity index (χ0v) is 16.9. The van der Waals surface area contributed by atoms with Crippen LogP contribution in [0.25, 0.3) is 11.3 Å². The number of rotatable bonds is 5. The van der Waals surface area contributed by atoms with Gasteiger partial charge in [-0.2, -0.15) is 5.10 Å². The molecule has 28 heavy (non-hydrogen) atoms. The van der Waals surface area contributed by atoms with E-state index in [2.05, 4.69) is 15.5 Å². The van der Waals surface area contributed by atoms with E-state index in [4.69, 9.17) is 11.1 Å². The summed E-state index contributed by atoms with van der Waals surface area (Å²) in [5.41, 5.74) is 9.09. The van der Waals surface area contributed by atoms with Crippen LogP contribution in [0.5, 0.6) is 0 Å². The van der Waals surface area contributed by atoms with E-state index in [1.807, 2.05) is 70.2 Å². The average molecular weight is 380 g/mol. The molecular weight excluding hydrogens is 350 g/mol. The maximum Gasteiger partial charge on any atom is 0.269 e. The zero-order valence-electron chi connectivity index (χ0n) is 16.9. The van der Waals surface area contributed by atoms with Gasteiger partial charge in [0.2, 0.25) is 0 Å². The predicted molar refractivity (Wildman–Crippen MR) is 115 cm³/mol. The fourth-order valence-corrected chi connectivity index (χ4v) is 2.27. The first-order chi connectivity index (χ1) is 13.6. The maximum absolute atomic E-state index is 12.2. The van der Waals surface area contributed by atoms with E-state index < -0.39 is 0 Å². The van der Waals surface area contributed by atoms with Crippen LogP contribution < -0.4 is 11.1 Å². The second-order valence-corrected chi connectivity index (χ2v) is 5.33. The Morgan fingerprint density at radius 3 is 2.21 bits per heavy atom. The molecule has 0 fully saturated rings. The Bertz CT molecular complexity index is 854. The summed E-state index contributed by atoms with van der Waals surface area (Å²) in [4.78, 5) is 12.2. The molecule has 0 aliphatic heterocycles. The molecule has 1 heterocycles. The van der Waals surface area contributed by atoms with Crippen molar-refractivity contribution in [1.82, 2.24) is 15.5 Å². The minimum absolute atomic E-state index is 0.0245. The van der Waals surface area contributed by atoms with Crippen LogP contribution in [-0.4, -0.2) is 21.9 Å². The highest BCUT2D eigenvalue weighted by atomic mass is 16.1. The minimum Gasteiger partial charge on any atom is -0.384 e. The van der Waals surface area contributed by atoms with Gasteiger partial charge in [-0.05, 0) is 11.6 Å². The Morgan fingerprint density at radius 1 is 1.04 bits per heavy atom. The van der Waals surface area contributed by atoms with Crippen molar-refractivity contribution < 1.29 is 4.79 Å². The molecule has 2 aromatic carbocycles. The van der Waals surface area contributed by atoms with Gasteiger partial charge in [0, 0.05) is 17.7 Å². The fraction of sp³-hybridized carbons (Fsp3) is 0.227. The van der Waals surface area contributed by atoms with Gasteiger partial charge in [-0.1, -0.05) is 82.3 Å². The van der Waals surface area contributed by atoms with Crippen LogP contribution in [0.1, 0.15) is 49.3 Å². The number of carbonyl (C=O) groups excluding carboxylic acids is 1. The SMILES string of the molecule is CC.CC.N=C(N)c1ccc(CNC(=O)c2cc(-c3ccccc3)n[nH]2)cc1. The van der Waals surface area contributed by atoms with Gasteiger partial charge in [0.15, 0.2) is 0 Å². The molecule has 3 rings (SSSR count). The molecule has 0 unspecified atom stereocenters. The molecular formula is C22H29N5O. The third-order valence-electron chi connectivity index (χ3n) is 3.61. The summed E-state index contributed by atoms with van der Waals surface area (Å²) in [5.74, 6) is -0.197. The highest BCUT2D eigenvalue weighted by Gasteiger charge is 2.10. The first-order valence-electron chi connectivity index (χ1n) is 9.46. The van der Waals surface area contributed by atoms with Crippen LogP contribution >= 0.6 is 0 Å². The number of nitrogens with zero attached hydrogens (tertiary/aromatic N) is 1. The number of nitrogen functional groups attached to an aromatic ring is 1. The molecule has 0 atom stereocenters. The number of nitrogens with two attached hydrogens (primary N) is 1. The largest absolute Gasteiger partial charge is 0.384 e. The molecule has 5 N–H and O–H groups in total. The molecule has 0 radical (unpaired) electrons. The number of nitrogens with one attached hydrogen (secondary N) is 3. The van der Waals surface area contributed by atoms with Crippen LogP contribution in [0.3, 0.4) is 0 Å². The van der Waals surface area contributed by atoms with Gasteiger partial charge >= 0.3 is 0 Å². The first kappa shape index (κ1) is 22.6. The Kier molecular flexibility index (Phi) is 9.75. The molecule has 0 saturated carbocycles. The van der Waals surface area contributed by atoms with Gasteiger partial charge in [0.05, 0.1) is 5.69 Å². The quantitative estimate of drug-likeness (QED) is 0.391. The third kappa shape index (κ3) is 6.39. The summed E-state index contributed by atoms with van der Waals surface area (Å²) in [6, 6.07) is 18.6. The molecule has 6 heteroatoms. The minimum atomic E-state index is -0.222. The molecule has 0 aliphatic rings. The Labute approximate surface area is 166 Å². The van der Waals surface area contributed by atoms with Gasteiger partial charge in [-0.15, -0.1) is 0 Å². The topological polar surface area (TPSA) is 108 Å². The first-order valence-corrected chi connectivity index (χ1v) is 9.46. The van der Waals surface area contributed by atoms with Crippen molar-refractivity contribution in [2.24, 2.45) is 5.73 Å². The van der Waals surface area contributed by atoms with Crippen LogP contribution in [-0.2, 0) is 6.54 Å². The number of amidine groups is 1. The summed E-state index contributed by atoms with van der Waals surface area (Å²) in [6.45, 7) is 8.39. The van der Waals surface area contributed by atoms with E-state index in [9.17, 15) is 4.79 Å². The van der Waals surface area contributed by atoms with E-state index >= 15 is 0 Å². The van der Waals surface area contributed by atoms with Crippen molar-refractivity contribution in [2.75, 3.05) is 0 Å².